The first-order valence-electron chi connectivity index (χ1n) is 5.17. The van der Waals surface area contributed by atoms with Crippen molar-refractivity contribution < 1.29 is 9.63 Å². The fourth-order valence-corrected chi connectivity index (χ4v) is 1.67. The summed E-state index contributed by atoms with van der Waals surface area (Å²) in [5.41, 5.74) is 8.36. The van der Waals surface area contributed by atoms with Crippen molar-refractivity contribution >= 4 is 0 Å². The maximum absolute atomic E-state index is 9.22. The second-order valence-electron chi connectivity index (χ2n) is 3.66. The highest BCUT2D eigenvalue weighted by molar-refractivity contribution is 5.62. The maximum Gasteiger partial charge on any atom is 0.170 e. The van der Waals surface area contributed by atoms with Crippen molar-refractivity contribution in [1.82, 2.24) is 5.16 Å². The third-order valence-electron chi connectivity index (χ3n) is 2.51. The van der Waals surface area contributed by atoms with Crippen molar-refractivity contribution in [2.75, 3.05) is 6.54 Å². The lowest BCUT2D eigenvalue weighted by Crippen LogP contribution is -2.03. The lowest BCUT2D eigenvalue weighted by atomic mass is 10.0. The Bertz CT molecular complexity index is 474. The fraction of sp³-hybridized carbons (Fsp3) is 0.250. The molecule has 1 heterocycles. The first-order valence-corrected chi connectivity index (χ1v) is 5.17. The zero-order valence-electron chi connectivity index (χ0n) is 9.10. The summed E-state index contributed by atoms with van der Waals surface area (Å²) in [5.74, 6) is 0.975. The van der Waals surface area contributed by atoms with Crippen molar-refractivity contribution in [3.63, 3.8) is 0 Å². The number of benzene rings is 1. The van der Waals surface area contributed by atoms with Gasteiger partial charge in [0.25, 0.3) is 0 Å². The van der Waals surface area contributed by atoms with Crippen LogP contribution in [-0.2, 0) is 6.42 Å². The van der Waals surface area contributed by atoms with Gasteiger partial charge < -0.3 is 15.4 Å². The van der Waals surface area contributed by atoms with E-state index in [1.165, 1.54) is 0 Å². The number of rotatable bonds is 3. The molecule has 16 heavy (non-hydrogen) atoms. The number of phenolic OH excluding ortho intramolecular Hbond substituents is 1. The van der Waals surface area contributed by atoms with Gasteiger partial charge in [0.05, 0.1) is 5.69 Å². The van der Waals surface area contributed by atoms with E-state index in [0.717, 1.165) is 29.0 Å². The molecule has 0 fully saturated rings. The van der Waals surface area contributed by atoms with E-state index < -0.39 is 0 Å². The van der Waals surface area contributed by atoms with Crippen LogP contribution in [0.4, 0.5) is 0 Å². The van der Waals surface area contributed by atoms with Gasteiger partial charge in [0.15, 0.2) is 5.76 Å². The van der Waals surface area contributed by atoms with Gasteiger partial charge in [-0.15, -0.1) is 0 Å². The Morgan fingerprint density at radius 3 is 2.62 bits per heavy atom. The number of aromatic nitrogens is 1. The Morgan fingerprint density at radius 2 is 2.00 bits per heavy atom. The number of hydrogen-bond acceptors (Lipinski definition) is 4. The molecule has 0 saturated carbocycles. The molecule has 84 valence electrons. The smallest absolute Gasteiger partial charge is 0.170 e. The van der Waals surface area contributed by atoms with Gasteiger partial charge in [-0.25, -0.2) is 0 Å². The molecule has 0 saturated heterocycles. The van der Waals surface area contributed by atoms with Crippen LogP contribution in [0.5, 0.6) is 5.75 Å². The van der Waals surface area contributed by atoms with E-state index in [9.17, 15) is 5.11 Å². The lowest BCUT2D eigenvalue weighted by Gasteiger charge is -2.01. The monoisotopic (exact) mass is 218 g/mol. The molecule has 0 spiro atoms. The van der Waals surface area contributed by atoms with Gasteiger partial charge in [-0.2, -0.15) is 0 Å². The highest BCUT2D eigenvalue weighted by Gasteiger charge is 2.13. The summed E-state index contributed by atoms with van der Waals surface area (Å²) in [5, 5.41) is 13.2. The highest BCUT2D eigenvalue weighted by atomic mass is 16.5. The summed E-state index contributed by atoms with van der Waals surface area (Å²) in [6, 6.07) is 6.85. The molecule has 1 aromatic heterocycles. The standard InChI is InChI=1S/C12H14N2O2/c1-8-11(6-7-13)12(16-14-8)9-2-4-10(15)5-3-9/h2-5,15H,6-7,13H2,1H3. The number of phenols is 1. The molecule has 4 heteroatoms. The molecule has 0 radical (unpaired) electrons. The van der Waals surface area contributed by atoms with Crippen LogP contribution >= 0.6 is 0 Å². The van der Waals surface area contributed by atoms with Gasteiger partial charge >= 0.3 is 0 Å². The van der Waals surface area contributed by atoms with E-state index >= 15 is 0 Å². The predicted molar refractivity (Wildman–Crippen MR) is 61.1 cm³/mol. The normalized spacial score (nSPS) is 10.6. The summed E-state index contributed by atoms with van der Waals surface area (Å²) >= 11 is 0. The second kappa shape index (κ2) is 4.37. The number of nitrogens with two attached hydrogens (primary N) is 1. The summed E-state index contributed by atoms with van der Waals surface area (Å²) in [6.45, 7) is 2.46. The third-order valence-corrected chi connectivity index (χ3v) is 2.51. The van der Waals surface area contributed by atoms with Gasteiger partial charge in [-0.3, -0.25) is 0 Å². The van der Waals surface area contributed by atoms with Gasteiger partial charge in [0.2, 0.25) is 0 Å². The van der Waals surface area contributed by atoms with Crippen molar-refractivity contribution in [2.45, 2.75) is 13.3 Å². The van der Waals surface area contributed by atoms with E-state index in [0.29, 0.717) is 6.54 Å². The topological polar surface area (TPSA) is 72.3 Å². The number of aryl methyl sites for hydroxylation is 1. The molecule has 0 aliphatic heterocycles. The van der Waals surface area contributed by atoms with Crippen molar-refractivity contribution in [3.05, 3.63) is 35.5 Å². The van der Waals surface area contributed by atoms with E-state index in [1.54, 1.807) is 24.3 Å². The zero-order valence-corrected chi connectivity index (χ0v) is 9.10. The molecule has 0 aliphatic carbocycles. The maximum atomic E-state index is 9.22. The SMILES string of the molecule is Cc1noc(-c2ccc(O)cc2)c1CCN. The Kier molecular flexibility index (Phi) is 2.92. The molecule has 0 amide bonds. The predicted octanol–water partition coefficient (Wildman–Crippen LogP) is 1.86. The number of nitrogens with zero attached hydrogens (tertiary/aromatic N) is 1. The quantitative estimate of drug-likeness (QED) is 0.824. The molecule has 3 N–H and O–H groups in total. The minimum Gasteiger partial charge on any atom is -0.508 e. The van der Waals surface area contributed by atoms with Crippen LogP contribution in [0.25, 0.3) is 11.3 Å². The van der Waals surface area contributed by atoms with E-state index in [2.05, 4.69) is 5.16 Å². The summed E-state index contributed by atoms with van der Waals surface area (Å²) in [7, 11) is 0. The molecular weight excluding hydrogens is 204 g/mol. The Balaban J connectivity index is 2.43. The largest absolute Gasteiger partial charge is 0.508 e. The summed E-state index contributed by atoms with van der Waals surface area (Å²) in [6.07, 6.45) is 0.742. The first kappa shape index (κ1) is 10.7. The molecule has 1 aromatic carbocycles. The van der Waals surface area contributed by atoms with Gasteiger partial charge in [0.1, 0.15) is 5.75 Å². The second-order valence-corrected chi connectivity index (χ2v) is 3.66. The van der Waals surface area contributed by atoms with Crippen molar-refractivity contribution in [1.29, 1.82) is 0 Å². The Morgan fingerprint density at radius 1 is 1.31 bits per heavy atom. The molecule has 0 bridgehead atoms. The lowest BCUT2D eigenvalue weighted by molar-refractivity contribution is 0.426. The van der Waals surface area contributed by atoms with Gasteiger partial charge in [-0.1, -0.05) is 5.16 Å². The van der Waals surface area contributed by atoms with Crippen LogP contribution in [0.1, 0.15) is 11.3 Å². The first-order chi connectivity index (χ1) is 7.72. The van der Waals surface area contributed by atoms with E-state index in [-0.39, 0.29) is 5.75 Å². The molecule has 0 atom stereocenters. The van der Waals surface area contributed by atoms with Crippen LogP contribution in [-0.4, -0.2) is 16.8 Å². The third kappa shape index (κ3) is 1.92. The fourth-order valence-electron chi connectivity index (χ4n) is 1.67. The van der Waals surface area contributed by atoms with Crippen LogP contribution in [0.2, 0.25) is 0 Å². The average Bonchev–Trinajstić information content (AvgIpc) is 2.63. The molecule has 0 unspecified atom stereocenters. The van der Waals surface area contributed by atoms with Crippen molar-refractivity contribution in [2.24, 2.45) is 5.73 Å². The van der Waals surface area contributed by atoms with E-state index in [1.807, 2.05) is 6.92 Å². The van der Waals surface area contributed by atoms with E-state index in [4.69, 9.17) is 10.3 Å². The molecule has 2 aromatic rings. The highest BCUT2D eigenvalue weighted by Crippen LogP contribution is 2.27. The molecule has 2 rings (SSSR count). The minimum absolute atomic E-state index is 0.236. The Labute approximate surface area is 93.7 Å². The number of hydrogen-bond donors (Lipinski definition) is 2. The minimum atomic E-state index is 0.236. The molecule has 0 aliphatic rings. The average molecular weight is 218 g/mol. The summed E-state index contributed by atoms with van der Waals surface area (Å²) in [4.78, 5) is 0. The van der Waals surface area contributed by atoms with Gasteiger partial charge in [-0.05, 0) is 44.2 Å². The Hall–Kier alpha value is -1.81. The number of aromatic hydroxyl groups is 1. The zero-order chi connectivity index (χ0) is 11.5. The van der Waals surface area contributed by atoms with Crippen LogP contribution < -0.4 is 5.73 Å². The van der Waals surface area contributed by atoms with Crippen molar-refractivity contribution in [3.8, 4) is 17.1 Å². The van der Waals surface area contributed by atoms with Gasteiger partial charge in [0, 0.05) is 11.1 Å². The summed E-state index contributed by atoms with van der Waals surface area (Å²) < 4.78 is 5.29. The molecule has 4 nitrogen and oxygen atoms in total. The van der Waals surface area contributed by atoms with Crippen LogP contribution in [0.15, 0.2) is 28.8 Å². The molecular formula is C12H14N2O2. The van der Waals surface area contributed by atoms with Crippen LogP contribution in [0, 0.1) is 6.92 Å². The van der Waals surface area contributed by atoms with Crippen LogP contribution in [0.3, 0.4) is 0 Å².